The van der Waals surface area contributed by atoms with E-state index >= 15 is 0 Å². The lowest BCUT2D eigenvalue weighted by molar-refractivity contribution is -0.355. The van der Waals surface area contributed by atoms with Crippen LogP contribution in [0.4, 0.5) is 0 Å². The highest BCUT2D eigenvalue weighted by Gasteiger charge is 2.54. The van der Waals surface area contributed by atoms with Crippen molar-refractivity contribution in [2.24, 2.45) is 0 Å². The SMILES string of the molecule is CO[C@H]1O[C@@H]2CO[C@@H](c3ccccc3)O[C@H]2[C@H](OC(=S)Oc2ccccc2)[C@H]1OC(=O)c1ccccc1. The van der Waals surface area contributed by atoms with E-state index in [0.717, 1.165) is 5.56 Å². The molecule has 2 aliphatic rings. The predicted octanol–water partition coefficient (Wildman–Crippen LogP) is 4.45. The Kier molecular flexibility index (Phi) is 8.08. The van der Waals surface area contributed by atoms with Gasteiger partial charge in [-0.05, 0) is 24.3 Å². The number of hydrogen-bond donors (Lipinski definition) is 0. The quantitative estimate of drug-likeness (QED) is 0.345. The van der Waals surface area contributed by atoms with E-state index in [0.29, 0.717) is 11.3 Å². The number of esters is 1. The number of ether oxygens (including phenoxy) is 7. The Morgan fingerprint density at radius 3 is 2.16 bits per heavy atom. The van der Waals surface area contributed by atoms with Gasteiger partial charge in [0.2, 0.25) is 0 Å². The fourth-order valence-electron chi connectivity index (χ4n) is 4.26. The number of benzene rings is 3. The summed E-state index contributed by atoms with van der Waals surface area (Å²) in [5.74, 6) is -0.0582. The summed E-state index contributed by atoms with van der Waals surface area (Å²) in [5, 5.41) is -0.154. The molecule has 6 atom stereocenters. The first-order valence-electron chi connectivity index (χ1n) is 11.8. The van der Waals surface area contributed by atoms with Crippen molar-refractivity contribution in [1.82, 2.24) is 0 Å². The summed E-state index contributed by atoms with van der Waals surface area (Å²) in [6, 6.07) is 27.1. The molecule has 3 aromatic rings. The molecule has 192 valence electrons. The molecule has 0 radical (unpaired) electrons. The minimum absolute atomic E-state index is 0.154. The summed E-state index contributed by atoms with van der Waals surface area (Å²) < 4.78 is 41.6. The molecule has 0 amide bonds. The van der Waals surface area contributed by atoms with E-state index in [1.807, 2.05) is 54.6 Å². The average Bonchev–Trinajstić information content (AvgIpc) is 2.95. The van der Waals surface area contributed by atoms with Gasteiger partial charge in [0.05, 0.1) is 12.2 Å². The van der Waals surface area contributed by atoms with E-state index in [1.165, 1.54) is 7.11 Å². The fourth-order valence-corrected chi connectivity index (χ4v) is 4.47. The monoisotopic (exact) mass is 522 g/mol. The second kappa shape index (κ2) is 11.8. The van der Waals surface area contributed by atoms with Crippen molar-refractivity contribution in [2.75, 3.05) is 13.7 Å². The predicted molar refractivity (Wildman–Crippen MR) is 136 cm³/mol. The molecule has 0 aromatic heterocycles. The molecule has 8 nitrogen and oxygen atoms in total. The third-order valence-corrected chi connectivity index (χ3v) is 6.20. The van der Waals surface area contributed by atoms with E-state index in [1.54, 1.807) is 36.4 Å². The Morgan fingerprint density at radius 1 is 0.838 bits per heavy atom. The Balaban J connectivity index is 1.42. The Morgan fingerprint density at radius 2 is 1.49 bits per heavy atom. The summed E-state index contributed by atoms with van der Waals surface area (Å²) in [5.41, 5.74) is 1.20. The highest BCUT2D eigenvalue weighted by atomic mass is 32.1. The van der Waals surface area contributed by atoms with Crippen LogP contribution in [0, 0.1) is 0 Å². The molecule has 0 bridgehead atoms. The number of carbonyl (C=O) groups excluding carboxylic acids is 1. The van der Waals surface area contributed by atoms with Gasteiger partial charge in [-0.2, -0.15) is 0 Å². The molecule has 0 spiro atoms. The molecule has 0 aliphatic carbocycles. The first-order valence-corrected chi connectivity index (χ1v) is 12.2. The van der Waals surface area contributed by atoms with E-state index in [2.05, 4.69) is 0 Å². The summed E-state index contributed by atoms with van der Waals surface area (Å²) >= 11 is 5.42. The van der Waals surface area contributed by atoms with Crippen LogP contribution in [0.25, 0.3) is 0 Å². The minimum Gasteiger partial charge on any atom is -0.449 e. The van der Waals surface area contributed by atoms with Crippen LogP contribution in [-0.4, -0.2) is 55.6 Å². The van der Waals surface area contributed by atoms with Gasteiger partial charge in [-0.3, -0.25) is 0 Å². The summed E-state index contributed by atoms with van der Waals surface area (Å²) in [6.07, 6.45) is -4.85. The Labute approximate surface area is 219 Å². The van der Waals surface area contributed by atoms with Crippen LogP contribution >= 0.6 is 12.2 Å². The third-order valence-electron chi connectivity index (χ3n) is 6.02. The van der Waals surface area contributed by atoms with Gasteiger partial charge in [0.25, 0.3) is 0 Å². The van der Waals surface area contributed by atoms with Gasteiger partial charge in [0, 0.05) is 24.9 Å². The zero-order valence-corrected chi connectivity index (χ0v) is 20.8. The minimum atomic E-state index is -1.02. The molecule has 0 unspecified atom stereocenters. The Bertz CT molecular complexity index is 1180. The van der Waals surface area contributed by atoms with Crippen LogP contribution in [0.15, 0.2) is 91.0 Å². The first-order chi connectivity index (χ1) is 18.1. The van der Waals surface area contributed by atoms with Gasteiger partial charge in [0.15, 0.2) is 24.8 Å². The average molecular weight is 523 g/mol. The van der Waals surface area contributed by atoms with Gasteiger partial charge in [0.1, 0.15) is 18.0 Å². The van der Waals surface area contributed by atoms with Gasteiger partial charge in [-0.1, -0.05) is 66.7 Å². The van der Waals surface area contributed by atoms with Gasteiger partial charge >= 0.3 is 11.2 Å². The lowest BCUT2D eigenvalue weighted by Gasteiger charge is -2.47. The van der Waals surface area contributed by atoms with Crippen LogP contribution in [0.2, 0.25) is 0 Å². The highest BCUT2D eigenvalue weighted by Crippen LogP contribution is 2.37. The molecule has 0 N–H and O–H groups in total. The largest absolute Gasteiger partial charge is 0.449 e. The maximum atomic E-state index is 13.0. The number of rotatable bonds is 6. The summed E-state index contributed by atoms with van der Waals surface area (Å²) in [6.45, 7) is 0.204. The molecular weight excluding hydrogens is 496 g/mol. The molecule has 5 rings (SSSR count). The number of carbonyl (C=O) groups is 1. The first kappa shape index (κ1) is 25.3. The maximum Gasteiger partial charge on any atom is 0.358 e. The number of hydrogen-bond acceptors (Lipinski definition) is 9. The van der Waals surface area contributed by atoms with Crippen molar-refractivity contribution in [2.45, 2.75) is 37.0 Å². The topological polar surface area (TPSA) is 81.7 Å². The van der Waals surface area contributed by atoms with E-state index in [9.17, 15) is 4.79 Å². The van der Waals surface area contributed by atoms with E-state index < -0.39 is 43.0 Å². The van der Waals surface area contributed by atoms with E-state index in [-0.39, 0.29) is 11.8 Å². The van der Waals surface area contributed by atoms with Crippen molar-refractivity contribution < 1.29 is 38.0 Å². The fraction of sp³-hybridized carbons (Fsp3) is 0.286. The van der Waals surface area contributed by atoms with Gasteiger partial charge < -0.3 is 33.2 Å². The van der Waals surface area contributed by atoms with Crippen LogP contribution in [-0.2, 0) is 28.4 Å². The molecule has 37 heavy (non-hydrogen) atoms. The zero-order valence-electron chi connectivity index (χ0n) is 20.0. The lowest BCUT2D eigenvalue weighted by Crippen LogP contribution is -2.64. The molecule has 0 saturated carbocycles. The normalized spacial score (nSPS) is 26.9. The zero-order chi connectivity index (χ0) is 25.6. The smallest absolute Gasteiger partial charge is 0.358 e. The third kappa shape index (κ3) is 5.98. The molecule has 2 heterocycles. The summed E-state index contributed by atoms with van der Waals surface area (Å²) in [4.78, 5) is 13.0. The number of thiocarbonyl (C=S) groups is 1. The lowest BCUT2D eigenvalue weighted by atomic mass is 9.97. The maximum absolute atomic E-state index is 13.0. The molecule has 3 aromatic carbocycles. The van der Waals surface area contributed by atoms with Gasteiger partial charge in [-0.25, -0.2) is 4.79 Å². The van der Waals surface area contributed by atoms with Crippen LogP contribution in [0.5, 0.6) is 5.75 Å². The van der Waals surface area contributed by atoms with Crippen molar-refractivity contribution >= 4 is 23.4 Å². The highest BCUT2D eigenvalue weighted by molar-refractivity contribution is 7.79. The number of para-hydroxylation sites is 1. The van der Waals surface area contributed by atoms with Crippen molar-refractivity contribution in [3.05, 3.63) is 102 Å². The standard InChI is InChI=1S/C28H26O8S/c1-30-27-24(34-25(29)18-11-5-2-6-12-18)23(36-28(37)32-20-15-9-4-10-16-20)22-21(33-27)17-31-26(35-22)19-13-7-3-8-14-19/h2-16,21-24,26-27H,17H2,1H3/t21-,22-,23+,24-,26-,27+/m1/s1. The molecular formula is C28H26O8S. The number of methoxy groups -OCH3 is 1. The molecule has 2 saturated heterocycles. The number of fused-ring (bicyclic) bond motifs is 1. The van der Waals surface area contributed by atoms with Gasteiger partial charge in [-0.15, -0.1) is 0 Å². The van der Waals surface area contributed by atoms with Crippen molar-refractivity contribution in [3.63, 3.8) is 0 Å². The van der Waals surface area contributed by atoms with Crippen molar-refractivity contribution in [3.8, 4) is 5.75 Å². The van der Waals surface area contributed by atoms with Crippen LogP contribution < -0.4 is 4.74 Å². The summed E-state index contributed by atoms with van der Waals surface area (Å²) in [7, 11) is 1.46. The molecule has 2 fully saturated rings. The van der Waals surface area contributed by atoms with Crippen LogP contribution in [0.3, 0.4) is 0 Å². The second-order valence-corrected chi connectivity index (χ2v) is 8.77. The van der Waals surface area contributed by atoms with E-state index in [4.69, 9.17) is 45.4 Å². The second-order valence-electron chi connectivity index (χ2n) is 8.44. The van der Waals surface area contributed by atoms with Crippen molar-refractivity contribution in [1.29, 1.82) is 0 Å². The van der Waals surface area contributed by atoms with Crippen LogP contribution in [0.1, 0.15) is 22.2 Å². The molecule has 2 aliphatic heterocycles. The molecule has 9 heteroatoms. The Hall–Kier alpha value is -3.34.